The van der Waals surface area contributed by atoms with Crippen molar-refractivity contribution in [3.05, 3.63) is 60.0 Å². The molecule has 0 aliphatic carbocycles. The number of amides is 1. The fourth-order valence-electron chi connectivity index (χ4n) is 5.27. The number of rotatable bonds is 7. The molecule has 0 radical (unpaired) electrons. The summed E-state index contributed by atoms with van der Waals surface area (Å²) >= 11 is 5.72. The summed E-state index contributed by atoms with van der Waals surface area (Å²) in [6.07, 6.45) is 7.00. The van der Waals surface area contributed by atoms with Crippen molar-refractivity contribution in [3.8, 4) is 11.3 Å². The predicted octanol–water partition coefficient (Wildman–Crippen LogP) is 5.26. The molecule has 42 heavy (non-hydrogen) atoms. The molecule has 224 valence electrons. The summed E-state index contributed by atoms with van der Waals surface area (Å²) in [6, 6.07) is 12.0. The van der Waals surface area contributed by atoms with Crippen LogP contribution < -0.4 is 11.1 Å². The first kappa shape index (κ1) is 29.9. The molecule has 0 saturated carbocycles. The van der Waals surface area contributed by atoms with Gasteiger partial charge < -0.3 is 25.4 Å². The molecule has 1 amide bonds. The van der Waals surface area contributed by atoms with Crippen molar-refractivity contribution < 1.29 is 14.3 Å². The molecule has 2 aliphatic rings. The van der Waals surface area contributed by atoms with Gasteiger partial charge in [0, 0.05) is 69.4 Å². The molecule has 5 rings (SSSR count). The van der Waals surface area contributed by atoms with Gasteiger partial charge in [0.15, 0.2) is 6.23 Å². The van der Waals surface area contributed by atoms with Crippen LogP contribution in [0.15, 0.2) is 48.8 Å². The van der Waals surface area contributed by atoms with E-state index in [2.05, 4.69) is 26.4 Å². The van der Waals surface area contributed by atoms with E-state index in [9.17, 15) is 4.79 Å². The van der Waals surface area contributed by atoms with E-state index in [1.54, 1.807) is 11.1 Å². The lowest BCUT2D eigenvalue weighted by Gasteiger charge is -2.35. The maximum absolute atomic E-state index is 12.4. The molecule has 1 unspecified atom stereocenters. The van der Waals surface area contributed by atoms with Gasteiger partial charge in [-0.2, -0.15) is 5.10 Å². The Bertz CT molecular complexity index is 1390. The molecule has 0 spiro atoms. The quantitative estimate of drug-likeness (QED) is 0.281. The number of thiocarbonyl (C=S) groups is 1. The van der Waals surface area contributed by atoms with E-state index in [1.807, 2.05) is 62.0 Å². The lowest BCUT2D eigenvalue weighted by molar-refractivity contribution is -0.0383. The third-order valence-electron chi connectivity index (χ3n) is 7.37. The van der Waals surface area contributed by atoms with Crippen molar-refractivity contribution in [2.45, 2.75) is 64.8 Å². The second-order valence-corrected chi connectivity index (χ2v) is 12.4. The number of nitrogen functional groups attached to an aromatic ring is 1. The molecule has 10 nitrogen and oxygen atoms in total. The SMILES string of the molecule is CC(C)(C)OC(=O)N1CCN(Cc2ccnc(CC(=S)Nc3cc(-c4ccnn4C4CCCCO4)ccc3N)c2)CC1. The average Bonchev–Trinajstić information content (AvgIpc) is 3.44. The van der Waals surface area contributed by atoms with Crippen LogP contribution in [-0.2, 0) is 22.4 Å². The summed E-state index contributed by atoms with van der Waals surface area (Å²) in [5, 5.41) is 7.88. The van der Waals surface area contributed by atoms with Gasteiger partial charge in [0.1, 0.15) is 5.60 Å². The number of carbonyl (C=O) groups excluding carboxylic acids is 1. The van der Waals surface area contributed by atoms with Gasteiger partial charge in [0.25, 0.3) is 0 Å². The third-order valence-corrected chi connectivity index (χ3v) is 7.62. The highest BCUT2D eigenvalue weighted by Crippen LogP contribution is 2.31. The molecule has 4 heterocycles. The normalized spacial score (nSPS) is 18.1. The Morgan fingerprint density at radius 3 is 2.67 bits per heavy atom. The lowest BCUT2D eigenvalue weighted by atomic mass is 10.1. The van der Waals surface area contributed by atoms with Crippen LogP contribution in [0.25, 0.3) is 11.3 Å². The zero-order valence-corrected chi connectivity index (χ0v) is 25.5. The first-order valence-corrected chi connectivity index (χ1v) is 15.0. The standard InChI is InChI=1S/C31H41N7O3S/c1-31(2,3)41-30(39)37-15-13-36(14-16-37)21-22-9-11-33-24(18-22)20-28(42)35-26-19-23(7-8-25(26)32)27-10-12-34-38(27)29-6-4-5-17-40-29/h7-12,18-19,29H,4-6,13-17,20-21,32H2,1-3H3,(H,35,42). The number of ether oxygens (including phenoxy) is 2. The fraction of sp³-hybridized carbons (Fsp3) is 0.484. The van der Waals surface area contributed by atoms with Crippen molar-refractivity contribution in [2.75, 3.05) is 43.8 Å². The van der Waals surface area contributed by atoms with Gasteiger partial charge in [-0.1, -0.05) is 18.3 Å². The van der Waals surface area contributed by atoms with E-state index >= 15 is 0 Å². The van der Waals surface area contributed by atoms with Crippen LogP contribution in [0.4, 0.5) is 16.2 Å². The monoisotopic (exact) mass is 591 g/mol. The number of piperazine rings is 1. The number of hydrogen-bond acceptors (Lipinski definition) is 8. The Labute approximate surface area is 253 Å². The largest absolute Gasteiger partial charge is 0.444 e. The topological polar surface area (TPSA) is 111 Å². The fourth-order valence-corrected chi connectivity index (χ4v) is 5.53. The number of nitrogens with zero attached hydrogens (tertiary/aromatic N) is 5. The number of benzene rings is 1. The van der Waals surface area contributed by atoms with Gasteiger partial charge in [-0.3, -0.25) is 9.88 Å². The zero-order chi connectivity index (χ0) is 29.7. The smallest absolute Gasteiger partial charge is 0.410 e. The summed E-state index contributed by atoms with van der Waals surface area (Å²) < 4.78 is 13.4. The van der Waals surface area contributed by atoms with Crippen LogP contribution in [0, 0.1) is 0 Å². The first-order valence-electron chi connectivity index (χ1n) is 14.6. The minimum absolute atomic E-state index is 0.0500. The molecule has 3 N–H and O–H groups in total. The Balaban J connectivity index is 1.17. The van der Waals surface area contributed by atoms with Crippen LogP contribution in [0.5, 0.6) is 0 Å². The Hall–Kier alpha value is -3.54. The summed E-state index contributed by atoms with van der Waals surface area (Å²) in [6.45, 7) is 10.1. The van der Waals surface area contributed by atoms with E-state index in [0.29, 0.717) is 30.2 Å². The van der Waals surface area contributed by atoms with Crippen molar-refractivity contribution in [3.63, 3.8) is 0 Å². The predicted molar refractivity (Wildman–Crippen MR) is 168 cm³/mol. The lowest BCUT2D eigenvalue weighted by Crippen LogP contribution is -2.49. The van der Waals surface area contributed by atoms with E-state index in [4.69, 9.17) is 27.4 Å². The Kier molecular flexibility index (Phi) is 9.40. The highest BCUT2D eigenvalue weighted by molar-refractivity contribution is 7.80. The highest BCUT2D eigenvalue weighted by Gasteiger charge is 2.26. The number of pyridine rings is 1. The molecule has 2 saturated heterocycles. The van der Waals surface area contributed by atoms with E-state index < -0.39 is 5.60 Å². The minimum atomic E-state index is -0.487. The summed E-state index contributed by atoms with van der Waals surface area (Å²) in [7, 11) is 0. The Morgan fingerprint density at radius 1 is 1.12 bits per heavy atom. The summed E-state index contributed by atoms with van der Waals surface area (Å²) in [5.74, 6) is 0. The first-order chi connectivity index (χ1) is 20.1. The van der Waals surface area contributed by atoms with Crippen molar-refractivity contribution >= 4 is 34.7 Å². The van der Waals surface area contributed by atoms with Gasteiger partial charge in [-0.25, -0.2) is 9.48 Å². The van der Waals surface area contributed by atoms with Gasteiger partial charge >= 0.3 is 6.09 Å². The van der Waals surface area contributed by atoms with E-state index in [0.717, 1.165) is 73.7 Å². The van der Waals surface area contributed by atoms with Crippen LogP contribution in [0.3, 0.4) is 0 Å². The molecule has 1 atom stereocenters. The number of carbonyl (C=O) groups is 1. The number of nitrogens with one attached hydrogen (secondary N) is 1. The van der Waals surface area contributed by atoms with Gasteiger partial charge in [-0.05, 0) is 75.9 Å². The molecule has 3 aromatic rings. The minimum Gasteiger partial charge on any atom is -0.444 e. The molecule has 0 bridgehead atoms. The second-order valence-electron chi connectivity index (χ2n) is 11.9. The van der Waals surface area contributed by atoms with Crippen LogP contribution >= 0.6 is 12.2 Å². The molecule has 1 aromatic carbocycles. The summed E-state index contributed by atoms with van der Waals surface area (Å²) in [4.78, 5) is 21.7. The maximum atomic E-state index is 12.4. The van der Waals surface area contributed by atoms with Crippen molar-refractivity contribution in [2.24, 2.45) is 0 Å². The summed E-state index contributed by atoms with van der Waals surface area (Å²) in [5.41, 5.74) is 11.2. The zero-order valence-electron chi connectivity index (χ0n) is 24.7. The Morgan fingerprint density at radius 2 is 1.93 bits per heavy atom. The van der Waals surface area contributed by atoms with E-state index in [1.165, 1.54) is 0 Å². The molecule has 2 fully saturated rings. The number of nitrogens with two attached hydrogens (primary N) is 1. The molecular formula is C31H41N7O3S. The second kappa shape index (κ2) is 13.2. The number of anilines is 2. The average molecular weight is 592 g/mol. The highest BCUT2D eigenvalue weighted by atomic mass is 32.1. The molecular weight excluding hydrogens is 550 g/mol. The number of aromatic nitrogens is 3. The van der Waals surface area contributed by atoms with Crippen molar-refractivity contribution in [1.82, 2.24) is 24.6 Å². The van der Waals surface area contributed by atoms with Crippen LogP contribution in [0.1, 0.15) is 57.5 Å². The van der Waals surface area contributed by atoms with E-state index in [-0.39, 0.29) is 12.3 Å². The third kappa shape index (κ3) is 7.84. The van der Waals surface area contributed by atoms with Crippen LogP contribution in [0.2, 0.25) is 0 Å². The molecule has 2 aromatic heterocycles. The van der Waals surface area contributed by atoms with Crippen LogP contribution in [-0.4, -0.2) is 74.0 Å². The molecule has 11 heteroatoms. The van der Waals surface area contributed by atoms with Gasteiger partial charge in [0.05, 0.1) is 22.1 Å². The van der Waals surface area contributed by atoms with Gasteiger partial charge in [0.2, 0.25) is 0 Å². The molecule has 2 aliphatic heterocycles. The maximum Gasteiger partial charge on any atom is 0.410 e. The number of hydrogen-bond donors (Lipinski definition) is 2. The van der Waals surface area contributed by atoms with Gasteiger partial charge in [-0.15, -0.1) is 0 Å². The van der Waals surface area contributed by atoms with Crippen molar-refractivity contribution in [1.29, 1.82) is 0 Å².